The Bertz CT molecular complexity index is 1230. The highest BCUT2D eigenvalue weighted by molar-refractivity contribution is 6.13. The Morgan fingerprint density at radius 1 is 1.20 bits per heavy atom. The van der Waals surface area contributed by atoms with Gasteiger partial charge >= 0.3 is 0 Å². The van der Waals surface area contributed by atoms with Crippen molar-refractivity contribution in [2.24, 2.45) is 0 Å². The Labute approximate surface area is 174 Å². The van der Waals surface area contributed by atoms with Crippen LogP contribution in [0.5, 0.6) is 5.75 Å². The second kappa shape index (κ2) is 7.80. The topological polar surface area (TPSA) is 76.2 Å². The van der Waals surface area contributed by atoms with E-state index in [2.05, 4.69) is 10.3 Å². The van der Waals surface area contributed by atoms with Gasteiger partial charge in [0.2, 0.25) is 0 Å². The molecule has 0 radical (unpaired) electrons. The van der Waals surface area contributed by atoms with E-state index in [0.29, 0.717) is 23.7 Å². The van der Waals surface area contributed by atoms with Gasteiger partial charge in [-0.1, -0.05) is 30.3 Å². The number of benzene rings is 2. The molecule has 1 atom stereocenters. The Kier molecular flexibility index (Phi) is 4.85. The average molecular weight is 401 g/mol. The number of para-hydroxylation sites is 2. The van der Waals surface area contributed by atoms with Gasteiger partial charge in [-0.15, -0.1) is 0 Å². The van der Waals surface area contributed by atoms with Gasteiger partial charge in [0.1, 0.15) is 11.4 Å². The molecule has 5 rings (SSSR count). The van der Waals surface area contributed by atoms with Gasteiger partial charge in [0.15, 0.2) is 0 Å². The summed E-state index contributed by atoms with van der Waals surface area (Å²) in [6.07, 6.45) is 2.10. The number of methoxy groups -OCH3 is 1. The van der Waals surface area contributed by atoms with Crippen LogP contribution in [0.2, 0.25) is 0 Å². The number of nitrogens with one attached hydrogen (secondary N) is 2. The highest BCUT2D eigenvalue weighted by Crippen LogP contribution is 2.36. The van der Waals surface area contributed by atoms with Crippen molar-refractivity contribution in [2.45, 2.75) is 18.9 Å². The number of H-pyrrole nitrogens is 1. The Morgan fingerprint density at radius 3 is 2.87 bits per heavy atom. The molecule has 0 bridgehead atoms. The second-order valence-electron chi connectivity index (χ2n) is 7.49. The molecule has 0 spiro atoms. The van der Waals surface area contributed by atoms with E-state index in [1.807, 2.05) is 54.6 Å². The van der Waals surface area contributed by atoms with Crippen LogP contribution in [0, 0.1) is 0 Å². The largest absolute Gasteiger partial charge is 0.496 e. The smallest absolute Gasteiger partial charge is 0.270 e. The molecule has 30 heavy (non-hydrogen) atoms. The second-order valence-corrected chi connectivity index (χ2v) is 7.49. The number of pyridine rings is 1. The van der Waals surface area contributed by atoms with Crippen molar-refractivity contribution in [3.8, 4) is 17.0 Å². The third-order valence-corrected chi connectivity index (χ3v) is 5.61. The number of rotatable bonds is 5. The summed E-state index contributed by atoms with van der Waals surface area (Å²) in [6, 6.07) is 17.6. The lowest BCUT2D eigenvalue weighted by Crippen LogP contribution is -2.32. The summed E-state index contributed by atoms with van der Waals surface area (Å²) in [7, 11) is 1.64. The van der Waals surface area contributed by atoms with E-state index in [4.69, 9.17) is 14.5 Å². The van der Waals surface area contributed by atoms with Crippen molar-refractivity contribution >= 4 is 27.7 Å². The Balaban J connectivity index is 1.64. The third-order valence-electron chi connectivity index (χ3n) is 5.61. The van der Waals surface area contributed by atoms with Crippen molar-refractivity contribution in [3.05, 3.63) is 60.3 Å². The van der Waals surface area contributed by atoms with Crippen molar-refractivity contribution in [3.63, 3.8) is 0 Å². The predicted octanol–water partition coefficient (Wildman–Crippen LogP) is 4.30. The van der Waals surface area contributed by atoms with E-state index in [9.17, 15) is 4.79 Å². The van der Waals surface area contributed by atoms with Crippen molar-refractivity contribution in [2.75, 3.05) is 20.3 Å². The average Bonchev–Trinajstić information content (AvgIpc) is 3.44. The maximum absolute atomic E-state index is 13.0. The molecule has 2 aromatic carbocycles. The van der Waals surface area contributed by atoms with Crippen LogP contribution < -0.4 is 10.1 Å². The number of carbonyl (C=O) groups is 1. The van der Waals surface area contributed by atoms with Gasteiger partial charge in [0, 0.05) is 35.0 Å². The highest BCUT2D eigenvalue weighted by Gasteiger charge is 2.21. The van der Waals surface area contributed by atoms with E-state index in [-0.39, 0.29) is 12.0 Å². The fraction of sp³-hybridized carbons (Fsp3) is 0.250. The zero-order chi connectivity index (χ0) is 20.5. The molecule has 1 aliphatic heterocycles. The molecule has 152 valence electrons. The SMILES string of the molecule is COc1ccccc1-c1nc(C(=O)NC[C@@H]2CCCO2)cc2c1[nH]c1ccccc12. The number of aromatic nitrogens is 2. The number of ether oxygens (including phenoxy) is 2. The van der Waals surface area contributed by atoms with Crippen LogP contribution in [0.25, 0.3) is 33.1 Å². The van der Waals surface area contributed by atoms with E-state index >= 15 is 0 Å². The molecule has 6 heteroatoms. The van der Waals surface area contributed by atoms with Crippen LogP contribution in [0.4, 0.5) is 0 Å². The molecule has 4 aromatic rings. The molecule has 3 heterocycles. The van der Waals surface area contributed by atoms with Crippen LogP contribution in [-0.4, -0.2) is 42.2 Å². The first-order valence-corrected chi connectivity index (χ1v) is 10.2. The number of fused-ring (bicyclic) bond motifs is 3. The van der Waals surface area contributed by atoms with E-state index < -0.39 is 0 Å². The molecule has 0 saturated carbocycles. The van der Waals surface area contributed by atoms with Gasteiger partial charge in [-0.3, -0.25) is 4.79 Å². The molecule has 1 aliphatic rings. The number of hydrogen-bond acceptors (Lipinski definition) is 4. The lowest BCUT2D eigenvalue weighted by atomic mass is 10.1. The molecule has 2 N–H and O–H groups in total. The summed E-state index contributed by atoms with van der Waals surface area (Å²) in [5, 5.41) is 5.00. The third kappa shape index (κ3) is 3.29. The van der Waals surface area contributed by atoms with Gasteiger partial charge in [-0.2, -0.15) is 0 Å². The first-order valence-electron chi connectivity index (χ1n) is 10.2. The Morgan fingerprint density at radius 2 is 2.03 bits per heavy atom. The molecule has 1 amide bonds. The Hall–Kier alpha value is -3.38. The lowest BCUT2D eigenvalue weighted by molar-refractivity contribution is 0.0854. The lowest BCUT2D eigenvalue weighted by Gasteiger charge is -2.13. The zero-order valence-corrected chi connectivity index (χ0v) is 16.8. The number of nitrogens with zero attached hydrogens (tertiary/aromatic N) is 1. The molecule has 0 aliphatic carbocycles. The van der Waals surface area contributed by atoms with Crippen LogP contribution in [-0.2, 0) is 4.74 Å². The summed E-state index contributed by atoms with van der Waals surface area (Å²) in [6.45, 7) is 1.26. The molecule has 2 aromatic heterocycles. The van der Waals surface area contributed by atoms with Crippen molar-refractivity contribution < 1.29 is 14.3 Å². The van der Waals surface area contributed by atoms with Gasteiger partial charge in [0.25, 0.3) is 5.91 Å². The first-order chi connectivity index (χ1) is 14.7. The summed E-state index contributed by atoms with van der Waals surface area (Å²) in [4.78, 5) is 21.2. The number of aromatic amines is 1. The number of carbonyl (C=O) groups excluding carboxylic acids is 1. The molecule has 1 saturated heterocycles. The maximum atomic E-state index is 13.0. The highest BCUT2D eigenvalue weighted by atomic mass is 16.5. The molecule has 6 nitrogen and oxygen atoms in total. The summed E-state index contributed by atoms with van der Waals surface area (Å²) < 4.78 is 11.2. The minimum absolute atomic E-state index is 0.0828. The first kappa shape index (κ1) is 18.6. The van der Waals surface area contributed by atoms with Gasteiger partial charge in [-0.05, 0) is 37.1 Å². The molecule has 0 unspecified atom stereocenters. The summed E-state index contributed by atoms with van der Waals surface area (Å²) in [5.41, 5.74) is 3.80. The number of hydrogen-bond donors (Lipinski definition) is 2. The van der Waals surface area contributed by atoms with Crippen LogP contribution >= 0.6 is 0 Å². The minimum atomic E-state index is -0.200. The van der Waals surface area contributed by atoms with Crippen molar-refractivity contribution in [1.82, 2.24) is 15.3 Å². The van der Waals surface area contributed by atoms with Crippen LogP contribution in [0.1, 0.15) is 23.3 Å². The maximum Gasteiger partial charge on any atom is 0.270 e. The monoisotopic (exact) mass is 401 g/mol. The molecule has 1 fully saturated rings. The van der Waals surface area contributed by atoms with E-state index in [1.165, 1.54) is 0 Å². The molecular formula is C24H23N3O3. The summed E-state index contributed by atoms with van der Waals surface area (Å²) in [5.74, 6) is 0.510. The minimum Gasteiger partial charge on any atom is -0.496 e. The van der Waals surface area contributed by atoms with Crippen molar-refractivity contribution in [1.29, 1.82) is 0 Å². The van der Waals surface area contributed by atoms with Crippen LogP contribution in [0.3, 0.4) is 0 Å². The van der Waals surface area contributed by atoms with Gasteiger partial charge in [0.05, 0.1) is 24.4 Å². The van der Waals surface area contributed by atoms with Gasteiger partial charge < -0.3 is 19.8 Å². The van der Waals surface area contributed by atoms with E-state index in [0.717, 1.165) is 46.8 Å². The fourth-order valence-electron chi connectivity index (χ4n) is 4.10. The predicted molar refractivity (Wildman–Crippen MR) is 117 cm³/mol. The van der Waals surface area contributed by atoms with Crippen LogP contribution in [0.15, 0.2) is 54.6 Å². The quantitative estimate of drug-likeness (QED) is 0.523. The standard InChI is InChI=1S/C24H23N3O3/c1-29-21-11-5-3-9-17(21)22-23-18(16-8-2-4-10-19(16)26-23)13-20(27-22)24(28)25-14-15-7-6-12-30-15/h2-5,8-11,13,15,26H,6-7,12,14H2,1H3,(H,25,28)/t15-/m0/s1. The van der Waals surface area contributed by atoms with E-state index in [1.54, 1.807) is 7.11 Å². The number of amides is 1. The zero-order valence-electron chi connectivity index (χ0n) is 16.8. The molecular weight excluding hydrogens is 378 g/mol. The fourth-order valence-corrected chi connectivity index (χ4v) is 4.10. The van der Waals surface area contributed by atoms with Gasteiger partial charge in [-0.25, -0.2) is 4.98 Å². The summed E-state index contributed by atoms with van der Waals surface area (Å²) >= 11 is 0. The normalized spacial score (nSPS) is 16.2.